The lowest BCUT2D eigenvalue weighted by molar-refractivity contribution is 0.0956. The molecule has 6 aromatic carbocycles. The lowest BCUT2D eigenvalue weighted by Crippen LogP contribution is -2.18. The maximum Gasteiger partial charge on any atom is 0.271 e. The van der Waals surface area contributed by atoms with Crippen molar-refractivity contribution >= 4 is 40.7 Å². The number of carbonyl (C=O) groups excluding carboxylic acids is 4. The second kappa shape index (κ2) is 61.7. The summed E-state index contributed by atoms with van der Waals surface area (Å²) < 4.78 is 5.58. The van der Waals surface area contributed by atoms with Gasteiger partial charge in [0.2, 0.25) is 0 Å². The second-order valence-corrected chi connectivity index (χ2v) is 18.4. The van der Waals surface area contributed by atoms with Crippen LogP contribution in [0, 0.1) is 35.5 Å². The van der Waals surface area contributed by atoms with Crippen LogP contribution in [0.2, 0.25) is 0 Å². The summed E-state index contributed by atoms with van der Waals surface area (Å²) in [6.45, 7) is 38.3. The number of amides is 4. The van der Waals surface area contributed by atoms with Gasteiger partial charge >= 0.3 is 0 Å². The molecule has 0 atom stereocenters. The monoisotopic (exact) mass is 1390 g/mol. The predicted octanol–water partition coefficient (Wildman–Crippen LogP) is 17.9. The number of carbonyl (C=O) groups is 4. The fourth-order valence-electron chi connectivity index (χ4n) is 7.85. The van der Waals surface area contributed by atoms with Crippen molar-refractivity contribution in [3.63, 3.8) is 0 Å². The molecule has 0 fully saturated rings. The first-order valence-electron chi connectivity index (χ1n) is 35.5. The van der Waals surface area contributed by atoms with Crippen LogP contribution in [0.5, 0.6) is 0 Å². The van der Waals surface area contributed by atoms with Gasteiger partial charge in [0, 0.05) is 149 Å². The molecule has 0 bridgehead atoms. The highest BCUT2D eigenvalue weighted by Gasteiger charge is 2.13. The SMILES string of the molecule is CC.CC.CC.CC.CC.CC.CC.CC.CC.CN(C)Cc1nccn1-c1cccc(NC(=O)c2cccc(C#CCCN)c2)c1.CNC(=O)c1cn(-c2cccc(C(=O)Nc3cccc(C#CCCN)c3)c2)cn1.NCCC#Cc1cccc(C(=O)Nc2cccc(-n3ccnc3)c2)c1.[3HH].[3HH].[3HH]. The Bertz CT molecular complexity index is 3870. The fraction of sp³-hybridized carbons (Fsp3) is 0.337. The quantitative estimate of drug-likeness (QED) is 0.0475. The average Bonchev–Trinajstić information content (AvgIpc) is 1.64. The number of nitrogens with one attached hydrogen (secondary N) is 4. The van der Waals surface area contributed by atoms with Gasteiger partial charge in [0.05, 0.1) is 12.9 Å². The summed E-state index contributed by atoms with van der Waals surface area (Å²) in [5.41, 5.74) is 25.3. The van der Waals surface area contributed by atoms with Crippen LogP contribution in [-0.2, 0) is 6.54 Å². The summed E-state index contributed by atoms with van der Waals surface area (Å²) in [6.07, 6.45) is 14.0. The number of imidazole rings is 3. The van der Waals surface area contributed by atoms with Crippen LogP contribution in [0.25, 0.3) is 17.1 Å². The molecule has 3 aromatic heterocycles. The minimum Gasteiger partial charge on any atom is -0.354 e. The van der Waals surface area contributed by atoms with Crippen molar-refractivity contribution in [2.24, 2.45) is 17.2 Å². The zero-order valence-electron chi connectivity index (χ0n) is 64.3. The largest absolute Gasteiger partial charge is 0.354 e. The van der Waals surface area contributed by atoms with E-state index >= 15 is 0 Å². The molecule has 18 nitrogen and oxygen atoms in total. The molecule has 3 heterocycles. The first-order chi connectivity index (χ1) is 49.4. The first-order valence-corrected chi connectivity index (χ1v) is 35.5. The molecule has 9 rings (SSSR count). The van der Waals surface area contributed by atoms with E-state index in [1.54, 1.807) is 85.1 Å². The lowest BCUT2D eigenvalue weighted by Gasteiger charge is -2.13. The van der Waals surface area contributed by atoms with Gasteiger partial charge in [-0.25, -0.2) is 15.0 Å². The molecule has 9 aromatic rings. The van der Waals surface area contributed by atoms with E-state index in [4.69, 9.17) is 17.2 Å². The van der Waals surface area contributed by atoms with Gasteiger partial charge in [-0.1, -0.05) is 197 Å². The molecule has 10 N–H and O–H groups in total. The summed E-state index contributed by atoms with van der Waals surface area (Å²) in [6, 6.07) is 44.2. The smallest absolute Gasteiger partial charge is 0.271 e. The normalized spacial score (nSPS) is 8.88. The molecule has 0 radical (unpaired) electrons. The van der Waals surface area contributed by atoms with Gasteiger partial charge in [0.25, 0.3) is 23.6 Å². The van der Waals surface area contributed by atoms with E-state index in [-0.39, 0.29) is 27.9 Å². The Labute approximate surface area is 611 Å². The van der Waals surface area contributed by atoms with Crippen LogP contribution < -0.4 is 38.5 Å². The summed E-state index contributed by atoms with van der Waals surface area (Å²) in [7, 11) is 5.56. The van der Waals surface area contributed by atoms with Crippen LogP contribution >= 0.6 is 0 Å². The molecule has 0 aliphatic carbocycles. The summed E-state index contributed by atoms with van der Waals surface area (Å²) in [4.78, 5) is 64.1. The molecule has 0 saturated heterocycles. The Morgan fingerprint density at radius 1 is 0.436 bits per heavy atom. The number of nitrogens with two attached hydrogens (primary N) is 3. The Morgan fingerprint density at radius 3 is 1.25 bits per heavy atom. The standard InChI is InChI=1S/C23H25N5O.C22H21N5O2.C20H18N4O.9C2H6.3H2/c1-27(2)17-22-25-13-14-28(22)21-11-6-10-20(16-21)26-23(29)19-9-5-8-18(15-19)7-3-4-12-24;1-24-22(29)20-14-27(15-25-20)19-10-5-8-17(13-19)21(28)26-18-9-4-7-16(12-18)6-2-3-11-23;21-10-2-1-5-16-6-3-7-17(13-16)20(25)23-18-8-4-9-19(14-18)24-12-11-22-15-24;9*1-2;;;/h5-6,8-11,13-16H,4,12,17,24H2,1-2H3,(H,26,29);4-5,7-10,12-15H,3,11,23H2,1H3,(H,24,29)(H,26,28);3-4,6-9,11-15H,2,10,21H2,(H,23,25);9*1-2H3;3*1H/i;;;;;;;;;;;;3*1+2. The molecule has 0 spiro atoms. The maximum atomic E-state index is 12.7. The van der Waals surface area contributed by atoms with E-state index in [0.717, 1.165) is 57.5 Å². The zero-order chi connectivity index (χ0) is 76.8. The Morgan fingerprint density at radius 2 is 0.822 bits per heavy atom. The average molecular weight is 1390 g/mol. The third-order valence-electron chi connectivity index (χ3n) is 11.8. The van der Waals surface area contributed by atoms with Gasteiger partial charge in [-0.05, 0) is 123 Å². The van der Waals surface area contributed by atoms with E-state index in [9.17, 15) is 19.2 Å². The van der Waals surface area contributed by atoms with Gasteiger partial charge in [0.15, 0.2) is 0 Å². The molecular weight excluding hydrogens is 1260 g/mol. The zero-order valence-corrected chi connectivity index (χ0v) is 64.3. The third kappa shape index (κ3) is 36.7. The van der Waals surface area contributed by atoms with Crippen molar-refractivity contribution in [1.82, 2.24) is 38.9 Å². The van der Waals surface area contributed by atoms with E-state index in [1.807, 2.05) is 257 Å². The number of benzene rings is 6. The van der Waals surface area contributed by atoms with Crippen molar-refractivity contribution in [1.29, 1.82) is 0 Å². The number of nitrogens with zero attached hydrogens (tertiary/aromatic N) is 7. The molecule has 0 unspecified atom stereocenters. The van der Waals surface area contributed by atoms with Crippen LogP contribution in [-0.4, -0.2) is 98.0 Å². The van der Waals surface area contributed by atoms with Crippen LogP contribution in [0.4, 0.5) is 17.1 Å². The topological polar surface area (TPSA) is 251 Å². The molecule has 0 saturated carbocycles. The van der Waals surface area contributed by atoms with E-state index in [2.05, 4.69) is 76.6 Å². The highest BCUT2D eigenvalue weighted by Crippen LogP contribution is 2.20. The molecular formula is C83H124N14O4. The minimum absolute atomic E-state index is 0. The maximum absolute atomic E-state index is 12.7. The van der Waals surface area contributed by atoms with Crippen LogP contribution in [0.3, 0.4) is 0 Å². The predicted molar refractivity (Wildman–Crippen MR) is 435 cm³/mol. The number of anilines is 3. The number of hydrogen-bond donors (Lipinski definition) is 7. The van der Waals surface area contributed by atoms with Crippen LogP contribution in [0.15, 0.2) is 189 Å². The van der Waals surface area contributed by atoms with Crippen LogP contribution in [0.1, 0.15) is 212 Å². The van der Waals surface area contributed by atoms with E-state index in [0.29, 0.717) is 67.0 Å². The van der Waals surface area contributed by atoms with Crippen molar-refractivity contribution in [3.05, 3.63) is 234 Å². The van der Waals surface area contributed by atoms with E-state index < -0.39 is 0 Å². The fourth-order valence-corrected chi connectivity index (χ4v) is 7.85. The van der Waals surface area contributed by atoms with Crippen molar-refractivity contribution < 1.29 is 23.5 Å². The van der Waals surface area contributed by atoms with Gasteiger partial charge in [-0.15, -0.1) is 0 Å². The molecule has 101 heavy (non-hydrogen) atoms. The number of aromatic nitrogens is 6. The number of rotatable bonds is 15. The minimum atomic E-state index is -0.271. The highest BCUT2D eigenvalue weighted by molar-refractivity contribution is 6.06. The van der Waals surface area contributed by atoms with Gasteiger partial charge < -0.3 is 57.1 Å². The van der Waals surface area contributed by atoms with Crippen molar-refractivity contribution in [2.45, 2.75) is 150 Å². The Balaban J connectivity index is -0.000000308. The Hall–Kier alpha value is -10.7. The summed E-state index contributed by atoms with van der Waals surface area (Å²) >= 11 is 0. The van der Waals surface area contributed by atoms with Crippen molar-refractivity contribution in [3.8, 4) is 52.6 Å². The first kappa shape index (κ1) is 94.5. The second-order valence-electron chi connectivity index (χ2n) is 18.4. The summed E-state index contributed by atoms with van der Waals surface area (Å²) in [5.74, 6) is 18.1. The number of hydrogen-bond acceptors (Lipinski definition) is 11. The molecule has 0 aliphatic rings. The molecule has 0 aliphatic heterocycles. The lowest BCUT2D eigenvalue weighted by atomic mass is 10.1. The molecule has 18 heteroatoms. The van der Waals surface area contributed by atoms with Crippen molar-refractivity contribution in [2.75, 3.05) is 56.7 Å². The van der Waals surface area contributed by atoms with E-state index in [1.165, 1.54) is 6.33 Å². The molecule has 550 valence electrons. The highest BCUT2D eigenvalue weighted by atomic mass is 16.2. The van der Waals surface area contributed by atoms with Gasteiger partial charge in [-0.2, -0.15) is 0 Å². The Kier molecular flexibility index (Phi) is 57.7. The molecule has 4 amide bonds. The summed E-state index contributed by atoms with van der Waals surface area (Å²) in [5, 5.41) is 11.3. The third-order valence-corrected chi connectivity index (χ3v) is 11.8. The van der Waals surface area contributed by atoms with Gasteiger partial charge in [0.1, 0.15) is 17.8 Å². The van der Waals surface area contributed by atoms with Gasteiger partial charge in [-0.3, -0.25) is 19.2 Å².